The van der Waals surface area contributed by atoms with E-state index in [0.717, 1.165) is 12.1 Å². The summed E-state index contributed by atoms with van der Waals surface area (Å²) in [6.45, 7) is -1.69. The van der Waals surface area contributed by atoms with Crippen LogP contribution < -0.4 is 10.5 Å². The molecule has 0 fully saturated rings. The lowest BCUT2D eigenvalue weighted by molar-refractivity contribution is -0.384. The first-order chi connectivity index (χ1) is 9.15. The molecule has 0 aliphatic carbocycles. The van der Waals surface area contributed by atoms with Gasteiger partial charge in [-0.2, -0.15) is 8.78 Å². The number of nitro groups is 1. The predicted molar refractivity (Wildman–Crippen MR) is 58.1 cm³/mol. The highest BCUT2D eigenvalue weighted by Gasteiger charge is 2.42. The number of carbonyl (C=O) groups excluding carboxylic acids is 1. The van der Waals surface area contributed by atoms with Gasteiger partial charge in [-0.15, -0.1) is 0 Å². The average molecular weight is 296 g/mol. The molecule has 10 heteroatoms. The van der Waals surface area contributed by atoms with Crippen LogP contribution in [-0.4, -0.2) is 29.8 Å². The zero-order chi connectivity index (χ0) is 15.5. The Morgan fingerprint density at radius 1 is 1.45 bits per heavy atom. The van der Waals surface area contributed by atoms with Crippen LogP contribution in [0.2, 0.25) is 0 Å². The Morgan fingerprint density at radius 3 is 2.50 bits per heavy atom. The van der Waals surface area contributed by atoms with Gasteiger partial charge in [-0.25, -0.2) is 8.78 Å². The van der Waals surface area contributed by atoms with Crippen molar-refractivity contribution in [2.24, 2.45) is 5.73 Å². The molecule has 1 aromatic rings. The van der Waals surface area contributed by atoms with Gasteiger partial charge in [0.25, 0.3) is 11.6 Å². The molecule has 20 heavy (non-hydrogen) atoms. The maximum absolute atomic E-state index is 12.7. The van der Waals surface area contributed by atoms with Crippen LogP contribution in [0.4, 0.5) is 23.2 Å². The molecule has 0 radical (unpaired) electrons. The molecular weight excluding hydrogens is 288 g/mol. The van der Waals surface area contributed by atoms with Crippen LogP contribution in [0.25, 0.3) is 0 Å². The number of benzene rings is 1. The molecule has 0 heterocycles. The number of nitrogens with zero attached hydrogens (tertiary/aromatic N) is 1. The summed E-state index contributed by atoms with van der Waals surface area (Å²) in [5.41, 5.74) is 3.83. The Morgan fingerprint density at radius 2 is 2.05 bits per heavy atom. The van der Waals surface area contributed by atoms with Crippen LogP contribution in [0.1, 0.15) is 10.4 Å². The third kappa shape index (κ3) is 3.56. The SMILES string of the molecule is NC(=O)c1cc([N+](=O)[O-])ccc1OCC(F)(F)C(F)F. The zero-order valence-corrected chi connectivity index (χ0v) is 9.69. The summed E-state index contributed by atoms with van der Waals surface area (Å²) in [6, 6.07) is 2.40. The van der Waals surface area contributed by atoms with E-state index >= 15 is 0 Å². The van der Waals surface area contributed by atoms with Gasteiger partial charge in [-0.3, -0.25) is 14.9 Å². The quantitative estimate of drug-likeness (QED) is 0.493. The Kier molecular flexibility index (Phi) is 4.48. The van der Waals surface area contributed by atoms with E-state index < -0.39 is 46.8 Å². The van der Waals surface area contributed by atoms with Crippen molar-refractivity contribution < 1.29 is 32.0 Å². The summed E-state index contributed by atoms with van der Waals surface area (Å²) in [6.07, 6.45) is -3.95. The maximum atomic E-state index is 12.7. The van der Waals surface area contributed by atoms with Crippen LogP contribution in [0, 0.1) is 10.1 Å². The molecular formula is C10H8F4N2O4. The van der Waals surface area contributed by atoms with Crippen molar-refractivity contribution in [1.29, 1.82) is 0 Å². The number of non-ortho nitro benzene ring substituents is 1. The second-order valence-corrected chi connectivity index (χ2v) is 3.65. The van der Waals surface area contributed by atoms with Gasteiger partial charge < -0.3 is 10.5 Å². The molecule has 6 nitrogen and oxygen atoms in total. The summed E-state index contributed by atoms with van der Waals surface area (Å²) in [5.74, 6) is -6.14. The second-order valence-electron chi connectivity index (χ2n) is 3.65. The van der Waals surface area contributed by atoms with E-state index in [2.05, 4.69) is 4.74 Å². The number of primary amides is 1. The fourth-order valence-corrected chi connectivity index (χ4v) is 1.19. The van der Waals surface area contributed by atoms with Gasteiger partial charge in [0, 0.05) is 12.1 Å². The number of alkyl halides is 4. The summed E-state index contributed by atoms with van der Waals surface area (Å²) in [5, 5.41) is 10.5. The molecule has 0 aliphatic heterocycles. The third-order valence-electron chi connectivity index (χ3n) is 2.18. The highest BCUT2D eigenvalue weighted by Crippen LogP contribution is 2.28. The van der Waals surface area contributed by atoms with Gasteiger partial charge in [0.1, 0.15) is 5.75 Å². The number of amides is 1. The van der Waals surface area contributed by atoms with Crippen molar-refractivity contribution in [2.45, 2.75) is 12.3 Å². The predicted octanol–water partition coefficient (Wildman–Crippen LogP) is 1.97. The lowest BCUT2D eigenvalue weighted by Crippen LogP contribution is -2.34. The smallest absolute Gasteiger partial charge is 0.340 e. The van der Waals surface area contributed by atoms with E-state index in [1.807, 2.05) is 0 Å². The van der Waals surface area contributed by atoms with Crippen LogP contribution in [0.5, 0.6) is 5.75 Å². The highest BCUT2D eigenvalue weighted by molar-refractivity contribution is 5.96. The van der Waals surface area contributed by atoms with E-state index in [1.165, 1.54) is 0 Å². The molecule has 1 amide bonds. The summed E-state index contributed by atoms with van der Waals surface area (Å²) in [4.78, 5) is 20.7. The number of carbonyl (C=O) groups is 1. The zero-order valence-electron chi connectivity index (χ0n) is 9.69. The maximum Gasteiger partial charge on any atom is 0.340 e. The van der Waals surface area contributed by atoms with Crippen molar-refractivity contribution in [3.05, 3.63) is 33.9 Å². The first-order valence-electron chi connectivity index (χ1n) is 5.02. The largest absolute Gasteiger partial charge is 0.486 e. The highest BCUT2D eigenvalue weighted by atomic mass is 19.3. The van der Waals surface area contributed by atoms with Gasteiger partial charge in [0.2, 0.25) is 0 Å². The van der Waals surface area contributed by atoms with Crippen molar-refractivity contribution in [3.8, 4) is 5.75 Å². The Bertz CT molecular complexity index is 536. The minimum atomic E-state index is -4.42. The Labute approximate surface area is 109 Å². The van der Waals surface area contributed by atoms with Crippen LogP contribution in [0.15, 0.2) is 18.2 Å². The van der Waals surface area contributed by atoms with Gasteiger partial charge >= 0.3 is 12.3 Å². The Balaban J connectivity index is 3.01. The van der Waals surface area contributed by atoms with Gasteiger partial charge in [0.05, 0.1) is 10.5 Å². The monoisotopic (exact) mass is 296 g/mol. The minimum Gasteiger partial charge on any atom is -0.486 e. The molecule has 0 bridgehead atoms. The normalized spacial score (nSPS) is 11.4. The topological polar surface area (TPSA) is 95.5 Å². The summed E-state index contributed by atoms with van der Waals surface area (Å²) >= 11 is 0. The molecule has 1 rings (SSSR count). The lowest BCUT2D eigenvalue weighted by Gasteiger charge is -2.16. The van der Waals surface area contributed by atoms with Crippen molar-refractivity contribution in [2.75, 3.05) is 6.61 Å². The summed E-state index contributed by atoms with van der Waals surface area (Å²) < 4.78 is 53.6. The number of rotatable bonds is 6. The van der Waals surface area contributed by atoms with Gasteiger partial charge in [-0.05, 0) is 6.07 Å². The fraction of sp³-hybridized carbons (Fsp3) is 0.300. The standard InChI is InChI=1S/C10H8F4N2O4/c11-9(12)10(13,14)4-20-7-2-1-5(16(18)19)3-6(7)8(15)17/h1-3,9H,4H2,(H2,15,17). The second kappa shape index (κ2) is 5.72. The Hall–Kier alpha value is -2.39. The van der Waals surface area contributed by atoms with Crippen LogP contribution in [-0.2, 0) is 0 Å². The molecule has 1 aromatic carbocycles. The van der Waals surface area contributed by atoms with Gasteiger partial charge in [-0.1, -0.05) is 0 Å². The van der Waals surface area contributed by atoms with E-state index in [0.29, 0.717) is 6.07 Å². The molecule has 110 valence electrons. The van der Waals surface area contributed by atoms with Crippen molar-refractivity contribution in [3.63, 3.8) is 0 Å². The van der Waals surface area contributed by atoms with Crippen LogP contribution >= 0.6 is 0 Å². The molecule has 0 aliphatic rings. The lowest BCUT2D eigenvalue weighted by atomic mass is 10.1. The minimum absolute atomic E-state index is 0.522. The van der Waals surface area contributed by atoms with Crippen LogP contribution in [0.3, 0.4) is 0 Å². The van der Waals surface area contributed by atoms with E-state index in [9.17, 15) is 32.5 Å². The number of halogens is 4. The summed E-state index contributed by atoms with van der Waals surface area (Å²) in [7, 11) is 0. The van der Waals surface area contributed by atoms with E-state index in [1.54, 1.807) is 0 Å². The van der Waals surface area contributed by atoms with E-state index in [-0.39, 0.29) is 0 Å². The number of hydrogen-bond donors (Lipinski definition) is 1. The average Bonchev–Trinajstić information content (AvgIpc) is 2.35. The first kappa shape index (κ1) is 15.7. The molecule has 0 saturated carbocycles. The molecule has 0 unspecified atom stereocenters. The van der Waals surface area contributed by atoms with E-state index in [4.69, 9.17) is 5.73 Å². The molecule has 0 atom stereocenters. The number of ether oxygens (including phenoxy) is 1. The molecule has 2 N–H and O–H groups in total. The fourth-order valence-electron chi connectivity index (χ4n) is 1.19. The van der Waals surface area contributed by atoms with Crippen molar-refractivity contribution in [1.82, 2.24) is 0 Å². The number of hydrogen-bond acceptors (Lipinski definition) is 4. The number of nitro benzene ring substituents is 1. The van der Waals surface area contributed by atoms with Crippen molar-refractivity contribution >= 4 is 11.6 Å². The van der Waals surface area contributed by atoms with Gasteiger partial charge in [0.15, 0.2) is 6.61 Å². The first-order valence-corrected chi connectivity index (χ1v) is 5.02. The number of nitrogens with two attached hydrogens (primary N) is 1. The molecule has 0 spiro atoms. The molecule has 0 aromatic heterocycles. The molecule has 0 saturated heterocycles. The third-order valence-corrected chi connectivity index (χ3v) is 2.18.